The molecule has 16 heavy (non-hydrogen) atoms. The topological polar surface area (TPSA) is 66.9 Å². The molecule has 0 heterocycles. The normalized spacial score (nSPS) is 14.1. The van der Waals surface area contributed by atoms with Gasteiger partial charge in [-0.1, -0.05) is 25.1 Å². The molecule has 2 N–H and O–H groups in total. The monoisotopic (exact) mass is 236 g/mol. The fourth-order valence-corrected chi connectivity index (χ4v) is 2.77. The van der Waals surface area contributed by atoms with Crippen molar-refractivity contribution in [3.05, 3.63) is 35.4 Å². The predicted octanol–water partition coefficient (Wildman–Crippen LogP) is 1.54. The highest BCUT2D eigenvalue weighted by molar-refractivity contribution is 7.84. The van der Waals surface area contributed by atoms with Gasteiger partial charge in [0.25, 0.3) is 0 Å². The lowest BCUT2D eigenvalue weighted by Crippen LogP contribution is -2.26. The third-order valence-electron chi connectivity index (χ3n) is 2.38. The Balaban J connectivity index is 2.67. The third-order valence-corrected chi connectivity index (χ3v) is 3.81. The van der Waals surface area contributed by atoms with Gasteiger partial charge in [0.1, 0.15) is 0 Å². The predicted molar refractivity (Wildman–Crippen MR) is 66.1 cm³/mol. The third kappa shape index (κ3) is 3.76. The van der Waals surface area contributed by atoms with Crippen LogP contribution in [0.3, 0.4) is 0 Å². The minimum absolute atomic E-state index is 0.0184. The average molecular weight is 236 g/mol. The highest BCUT2D eigenvalue weighted by Gasteiger charge is 2.09. The molecule has 0 bridgehead atoms. The Labute approximate surface area is 98.7 Å². The molecule has 0 spiro atoms. The average Bonchev–Trinajstić information content (AvgIpc) is 2.29. The Kier molecular flexibility index (Phi) is 5.17. The molecule has 0 aliphatic rings. The van der Waals surface area contributed by atoms with Crippen molar-refractivity contribution in [3.63, 3.8) is 0 Å². The quantitative estimate of drug-likeness (QED) is 0.843. The number of nitrogens with two attached hydrogens (primary N) is 1. The summed E-state index contributed by atoms with van der Waals surface area (Å²) in [6.07, 6.45) is 0.825. The molecule has 0 aliphatic heterocycles. The smallest absolute Gasteiger partial charge is 0.0994 e. The number of nitriles is 1. The van der Waals surface area contributed by atoms with Gasteiger partial charge in [-0.05, 0) is 18.1 Å². The van der Waals surface area contributed by atoms with E-state index in [1.807, 2.05) is 25.1 Å². The molecule has 1 aromatic carbocycles. The molecule has 0 saturated carbocycles. The molecule has 86 valence electrons. The fourth-order valence-electron chi connectivity index (χ4n) is 1.34. The standard InChI is InChI=1S/C12H16N2OS/c1-2-12(14)9-16(15)8-11-6-4-3-5-10(11)7-13/h3-6,12H,2,8-9,14H2,1H3. The summed E-state index contributed by atoms with van der Waals surface area (Å²) >= 11 is 0. The number of benzene rings is 1. The van der Waals surface area contributed by atoms with Crippen LogP contribution in [0.2, 0.25) is 0 Å². The van der Waals surface area contributed by atoms with Crippen molar-refractivity contribution in [1.29, 1.82) is 5.26 Å². The molecule has 0 saturated heterocycles. The van der Waals surface area contributed by atoms with E-state index in [0.29, 0.717) is 17.1 Å². The van der Waals surface area contributed by atoms with Crippen LogP contribution in [0.15, 0.2) is 24.3 Å². The minimum atomic E-state index is -0.989. The summed E-state index contributed by atoms with van der Waals surface area (Å²) in [4.78, 5) is 0. The van der Waals surface area contributed by atoms with Crippen LogP contribution in [0.5, 0.6) is 0 Å². The Bertz CT molecular complexity index is 412. The summed E-state index contributed by atoms with van der Waals surface area (Å²) in [5.41, 5.74) is 7.18. The number of rotatable bonds is 5. The van der Waals surface area contributed by atoms with Crippen LogP contribution >= 0.6 is 0 Å². The maximum atomic E-state index is 11.8. The van der Waals surface area contributed by atoms with Crippen LogP contribution < -0.4 is 5.73 Å². The summed E-state index contributed by atoms with van der Waals surface area (Å²) in [7, 11) is -0.989. The zero-order valence-corrected chi connectivity index (χ0v) is 10.2. The van der Waals surface area contributed by atoms with Gasteiger partial charge >= 0.3 is 0 Å². The van der Waals surface area contributed by atoms with Crippen molar-refractivity contribution in [2.75, 3.05) is 5.75 Å². The molecule has 2 unspecified atom stereocenters. The van der Waals surface area contributed by atoms with E-state index < -0.39 is 10.8 Å². The summed E-state index contributed by atoms with van der Waals surface area (Å²) in [6, 6.07) is 9.33. The summed E-state index contributed by atoms with van der Waals surface area (Å²) in [5, 5.41) is 8.89. The Morgan fingerprint density at radius 3 is 2.81 bits per heavy atom. The summed E-state index contributed by atoms with van der Waals surface area (Å²) in [6.45, 7) is 1.98. The van der Waals surface area contributed by atoms with Gasteiger partial charge in [0.2, 0.25) is 0 Å². The van der Waals surface area contributed by atoms with Gasteiger partial charge in [0, 0.05) is 28.3 Å². The van der Waals surface area contributed by atoms with E-state index in [2.05, 4.69) is 6.07 Å². The maximum Gasteiger partial charge on any atom is 0.0994 e. The van der Waals surface area contributed by atoms with Crippen molar-refractivity contribution in [3.8, 4) is 6.07 Å². The van der Waals surface area contributed by atoms with Gasteiger partial charge in [-0.25, -0.2) is 0 Å². The van der Waals surface area contributed by atoms with Crippen LogP contribution in [0.25, 0.3) is 0 Å². The second-order valence-corrected chi connectivity index (χ2v) is 5.19. The number of hydrogen-bond donors (Lipinski definition) is 1. The van der Waals surface area contributed by atoms with Crippen molar-refractivity contribution in [2.45, 2.75) is 25.1 Å². The van der Waals surface area contributed by atoms with E-state index in [-0.39, 0.29) is 6.04 Å². The van der Waals surface area contributed by atoms with Gasteiger partial charge < -0.3 is 5.73 Å². The Morgan fingerprint density at radius 1 is 1.50 bits per heavy atom. The second kappa shape index (κ2) is 6.41. The lowest BCUT2D eigenvalue weighted by atomic mass is 10.1. The van der Waals surface area contributed by atoms with E-state index in [1.54, 1.807) is 6.07 Å². The minimum Gasteiger partial charge on any atom is -0.327 e. The largest absolute Gasteiger partial charge is 0.327 e. The summed E-state index contributed by atoms with van der Waals surface area (Å²) in [5.74, 6) is 0.910. The molecule has 1 aromatic rings. The van der Waals surface area contributed by atoms with Crippen molar-refractivity contribution < 1.29 is 4.21 Å². The molecule has 0 fully saturated rings. The fraction of sp³-hybridized carbons (Fsp3) is 0.417. The molecule has 1 rings (SSSR count). The molecule has 0 radical (unpaired) electrons. The zero-order chi connectivity index (χ0) is 12.0. The number of hydrogen-bond acceptors (Lipinski definition) is 3. The first kappa shape index (κ1) is 12.9. The number of nitrogens with zero attached hydrogens (tertiary/aromatic N) is 1. The van der Waals surface area contributed by atoms with Crippen LogP contribution in [0.4, 0.5) is 0 Å². The Hall–Kier alpha value is -1.18. The first-order valence-electron chi connectivity index (χ1n) is 5.26. The SMILES string of the molecule is CCC(N)CS(=O)Cc1ccccc1C#N. The van der Waals surface area contributed by atoms with E-state index >= 15 is 0 Å². The zero-order valence-electron chi connectivity index (χ0n) is 9.35. The first-order valence-corrected chi connectivity index (χ1v) is 6.74. The van der Waals surface area contributed by atoms with Gasteiger partial charge in [0.05, 0.1) is 11.6 Å². The molecule has 4 heteroatoms. The highest BCUT2D eigenvalue weighted by Crippen LogP contribution is 2.10. The van der Waals surface area contributed by atoms with Gasteiger partial charge in [-0.15, -0.1) is 0 Å². The molecular weight excluding hydrogens is 220 g/mol. The van der Waals surface area contributed by atoms with E-state index in [1.165, 1.54) is 0 Å². The van der Waals surface area contributed by atoms with Gasteiger partial charge in [0.15, 0.2) is 0 Å². The van der Waals surface area contributed by atoms with Crippen LogP contribution in [0.1, 0.15) is 24.5 Å². The lowest BCUT2D eigenvalue weighted by molar-refractivity contribution is 0.663. The van der Waals surface area contributed by atoms with Gasteiger partial charge in [-0.3, -0.25) is 4.21 Å². The van der Waals surface area contributed by atoms with E-state index in [9.17, 15) is 4.21 Å². The Morgan fingerprint density at radius 2 is 2.19 bits per heavy atom. The second-order valence-electron chi connectivity index (χ2n) is 3.69. The van der Waals surface area contributed by atoms with Crippen LogP contribution in [0, 0.1) is 11.3 Å². The highest BCUT2D eigenvalue weighted by atomic mass is 32.2. The molecule has 0 amide bonds. The lowest BCUT2D eigenvalue weighted by Gasteiger charge is -2.08. The molecular formula is C12H16N2OS. The van der Waals surface area contributed by atoms with E-state index in [4.69, 9.17) is 11.0 Å². The maximum absolute atomic E-state index is 11.8. The van der Waals surface area contributed by atoms with E-state index in [0.717, 1.165) is 12.0 Å². The first-order chi connectivity index (χ1) is 7.67. The van der Waals surface area contributed by atoms with Crippen molar-refractivity contribution in [1.82, 2.24) is 0 Å². The van der Waals surface area contributed by atoms with Crippen molar-refractivity contribution >= 4 is 10.8 Å². The summed E-state index contributed by atoms with van der Waals surface area (Å²) < 4.78 is 11.8. The van der Waals surface area contributed by atoms with Crippen LogP contribution in [-0.4, -0.2) is 16.0 Å². The van der Waals surface area contributed by atoms with Crippen molar-refractivity contribution in [2.24, 2.45) is 5.73 Å². The molecule has 2 atom stereocenters. The molecule has 3 nitrogen and oxygen atoms in total. The molecule has 0 aromatic heterocycles. The van der Waals surface area contributed by atoms with Gasteiger partial charge in [-0.2, -0.15) is 5.26 Å². The molecule has 0 aliphatic carbocycles. The van der Waals surface area contributed by atoms with Crippen LogP contribution in [-0.2, 0) is 16.6 Å².